The van der Waals surface area contributed by atoms with Gasteiger partial charge in [0, 0.05) is 30.4 Å². The van der Waals surface area contributed by atoms with Crippen LogP contribution in [0, 0.1) is 5.92 Å². The van der Waals surface area contributed by atoms with E-state index >= 15 is 0 Å². The second-order valence-corrected chi connectivity index (χ2v) is 5.20. The Bertz CT molecular complexity index is 388. The van der Waals surface area contributed by atoms with Crippen LogP contribution in [0.4, 0.5) is 5.69 Å². The number of hydrogen-bond acceptors (Lipinski definition) is 3. The van der Waals surface area contributed by atoms with Gasteiger partial charge in [0.25, 0.3) is 0 Å². The van der Waals surface area contributed by atoms with E-state index in [1.54, 1.807) is 7.11 Å². The summed E-state index contributed by atoms with van der Waals surface area (Å²) in [5, 5.41) is 0. The van der Waals surface area contributed by atoms with Gasteiger partial charge in [0.05, 0.1) is 7.11 Å². The van der Waals surface area contributed by atoms with Gasteiger partial charge >= 0.3 is 0 Å². The lowest BCUT2D eigenvalue weighted by molar-refractivity contribution is 0.177. The highest BCUT2D eigenvalue weighted by Crippen LogP contribution is 2.28. The van der Waals surface area contributed by atoms with Crippen molar-refractivity contribution in [2.24, 2.45) is 5.92 Å². The van der Waals surface area contributed by atoms with E-state index in [4.69, 9.17) is 10.5 Å². The third-order valence-corrected chi connectivity index (χ3v) is 3.89. The van der Waals surface area contributed by atoms with Crippen LogP contribution in [0.3, 0.4) is 0 Å². The summed E-state index contributed by atoms with van der Waals surface area (Å²) in [7, 11) is 1.71. The van der Waals surface area contributed by atoms with Crippen molar-refractivity contribution in [3.63, 3.8) is 0 Å². The second kappa shape index (κ2) is 6.10. The Morgan fingerprint density at radius 3 is 2.72 bits per heavy atom. The molecule has 3 heteroatoms. The standard InChI is InChI=1S/C15H24N2O/c1-3-17(10-12-5-4-6-12)11-13-7-8-14(16)9-15(13)18-2/h7-9,12H,3-6,10-11,16H2,1-2H3. The molecule has 0 bridgehead atoms. The van der Waals surface area contributed by atoms with Gasteiger partial charge in [0.2, 0.25) is 0 Å². The van der Waals surface area contributed by atoms with E-state index in [0.717, 1.165) is 30.4 Å². The van der Waals surface area contributed by atoms with Crippen molar-refractivity contribution in [1.82, 2.24) is 4.90 Å². The Kier molecular flexibility index (Phi) is 4.48. The topological polar surface area (TPSA) is 38.5 Å². The van der Waals surface area contributed by atoms with Gasteiger partial charge < -0.3 is 10.5 Å². The minimum Gasteiger partial charge on any atom is -0.496 e. The molecule has 0 atom stereocenters. The fourth-order valence-electron chi connectivity index (χ4n) is 2.48. The fraction of sp³-hybridized carbons (Fsp3) is 0.600. The van der Waals surface area contributed by atoms with E-state index < -0.39 is 0 Å². The van der Waals surface area contributed by atoms with Gasteiger partial charge in [0.15, 0.2) is 0 Å². The number of benzene rings is 1. The Balaban J connectivity index is 2.01. The lowest BCUT2D eigenvalue weighted by Crippen LogP contribution is -2.32. The lowest BCUT2D eigenvalue weighted by Gasteiger charge is -2.32. The maximum absolute atomic E-state index is 5.78. The number of ether oxygens (including phenoxy) is 1. The number of nitrogen functional groups attached to an aromatic ring is 1. The Morgan fingerprint density at radius 2 is 2.17 bits per heavy atom. The first-order valence-corrected chi connectivity index (χ1v) is 6.87. The molecule has 1 aliphatic carbocycles. The minimum atomic E-state index is 0.762. The zero-order chi connectivity index (χ0) is 13.0. The first-order chi connectivity index (χ1) is 8.72. The quantitative estimate of drug-likeness (QED) is 0.787. The highest BCUT2D eigenvalue weighted by atomic mass is 16.5. The van der Waals surface area contributed by atoms with Crippen molar-refractivity contribution in [2.75, 3.05) is 25.9 Å². The number of rotatable bonds is 6. The normalized spacial score (nSPS) is 15.7. The summed E-state index contributed by atoms with van der Waals surface area (Å²) in [6.45, 7) is 5.48. The molecular weight excluding hydrogens is 224 g/mol. The van der Waals surface area contributed by atoms with E-state index in [2.05, 4.69) is 17.9 Å². The van der Waals surface area contributed by atoms with Crippen molar-refractivity contribution < 1.29 is 4.74 Å². The largest absolute Gasteiger partial charge is 0.496 e. The van der Waals surface area contributed by atoms with E-state index in [-0.39, 0.29) is 0 Å². The maximum Gasteiger partial charge on any atom is 0.125 e. The summed E-state index contributed by atoms with van der Waals surface area (Å²) in [6, 6.07) is 5.94. The maximum atomic E-state index is 5.78. The smallest absolute Gasteiger partial charge is 0.125 e. The molecule has 1 aromatic carbocycles. The Labute approximate surface area is 110 Å². The zero-order valence-corrected chi connectivity index (χ0v) is 11.5. The van der Waals surface area contributed by atoms with Gasteiger partial charge in [-0.25, -0.2) is 0 Å². The van der Waals surface area contributed by atoms with Crippen molar-refractivity contribution in [1.29, 1.82) is 0 Å². The first kappa shape index (κ1) is 13.2. The third-order valence-electron chi connectivity index (χ3n) is 3.89. The predicted octanol–water partition coefficient (Wildman–Crippen LogP) is 2.90. The molecule has 1 fully saturated rings. The molecule has 0 spiro atoms. The molecule has 3 nitrogen and oxygen atoms in total. The molecule has 18 heavy (non-hydrogen) atoms. The highest BCUT2D eigenvalue weighted by Gasteiger charge is 2.20. The highest BCUT2D eigenvalue weighted by molar-refractivity contribution is 5.48. The first-order valence-electron chi connectivity index (χ1n) is 6.87. The minimum absolute atomic E-state index is 0.762. The Hall–Kier alpha value is -1.22. The number of nitrogens with zero attached hydrogens (tertiary/aromatic N) is 1. The summed E-state index contributed by atoms with van der Waals surface area (Å²) in [6.07, 6.45) is 4.21. The zero-order valence-electron chi connectivity index (χ0n) is 11.5. The van der Waals surface area contributed by atoms with Crippen LogP contribution in [0.2, 0.25) is 0 Å². The van der Waals surface area contributed by atoms with Gasteiger partial charge in [-0.05, 0) is 31.4 Å². The molecule has 0 radical (unpaired) electrons. The lowest BCUT2D eigenvalue weighted by atomic mass is 9.85. The third kappa shape index (κ3) is 3.16. The molecule has 0 aliphatic heterocycles. The Morgan fingerprint density at radius 1 is 1.39 bits per heavy atom. The summed E-state index contributed by atoms with van der Waals surface area (Å²) >= 11 is 0. The molecule has 0 saturated heterocycles. The van der Waals surface area contributed by atoms with Crippen LogP contribution in [-0.4, -0.2) is 25.1 Å². The van der Waals surface area contributed by atoms with Crippen LogP contribution in [-0.2, 0) is 6.54 Å². The molecule has 0 heterocycles. The van der Waals surface area contributed by atoms with Crippen molar-refractivity contribution >= 4 is 5.69 Å². The van der Waals surface area contributed by atoms with Gasteiger partial charge in [-0.1, -0.05) is 19.4 Å². The summed E-state index contributed by atoms with van der Waals surface area (Å²) in [5.74, 6) is 1.81. The fourth-order valence-corrected chi connectivity index (χ4v) is 2.48. The molecular formula is C15H24N2O. The van der Waals surface area contributed by atoms with Crippen molar-refractivity contribution in [3.05, 3.63) is 23.8 Å². The van der Waals surface area contributed by atoms with Gasteiger partial charge in [-0.15, -0.1) is 0 Å². The molecule has 2 rings (SSSR count). The molecule has 2 N–H and O–H groups in total. The van der Waals surface area contributed by atoms with Gasteiger partial charge in [-0.3, -0.25) is 4.90 Å². The average Bonchev–Trinajstić information content (AvgIpc) is 2.33. The molecule has 0 amide bonds. The molecule has 1 saturated carbocycles. The monoisotopic (exact) mass is 248 g/mol. The van der Waals surface area contributed by atoms with Crippen LogP contribution in [0.5, 0.6) is 5.75 Å². The van der Waals surface area contributed by atoms with Crippen molar-refractivity contribution in [2.45, 2.75) is 32.7 Å². The van der Waals surface area contributed by atoms with E-state index in [0.29, 0.717) is 0 Å². The molecule has 0 unspecified atom stereocenters. The van der Waals surface area contributed by atoms with E-state index in [9.17, 15) is 0 Å². The number of methoxy groups -OCH3 is 1. The summed E-state index contributed by atoms with van der Waals surface area (Å²) < 4.78 is 5.41. The van der Waals surface area contributed by atoms with E-state index in [1.165, 1.54) is 31.4 Å². The molecule has 1 aliphatic rings. The molecule has 0 aromatic heterocycles. The summed E-state index contributed by atoms with van der Waals surface area (Å²) in [4.78, 5) is 2.50. The van der Waals surface area contributed by atoms with Gasteiger partial charge in [0.1, 0.15) is 5.75 Å². The summed E-state index contributed by atoms with van der Waals surface area (Å²) in [5.41, 5.74) is 7.78. The second-order valence-electron chi connectivity index (χ2n) is 5.20. The SMILES string of the molecule is CCN(Cc1ccc(N)cc1OC)CC1CCC1. The van der Waals surface area contributed by atoms with Crippen LogP contribution in [0.1, 0.15) is 31.7 Å². The van der Waals surface area contributed by atoms with Crippen LogP contribution in [0.25, 0.3) is 0 Å². The average molecular weight is 248 g/mol. The predicted molar refractivity (Wildman–Crippen MR) is 75.7 cm³/mol. The molecule has 100 valence electrons. The van der Waals surface area contributed by atoms with Crippen LogP contribution < -0.4 is 10.5 Å². The molecule has 1 aromatic rings. The van der Waals surface area contributed by atoms with E-state index in [1.807, 2.05) is 12.1 Å². The number of nitrogens with two attached hydrogens (primary N) is 1. The van der Waals surface area contributed by atoms with Crippen LogP contribution >= 0.6 is 0 Å². The van der Waals surface area contributed by atoms with Gasteiger partial charge in [-0.2, -0.15) is 0 Å². The number of hydrogen-bond donors (Lipinski definition) is 1. The number of anilines is 1. The van der Waals surface area contributed by atoms with Crippen molar-refractivity contribution in [3.8, 4) is 5.75 Å². The van der Waals surface area contributed by atoms with Crippen LogP contribution in [0.15, 0.2) is 18.2 Å².